The van der Waals surface area contributed by atoms with Crippen LogP contribution in [0.4, 0.5) is 5.95 Å². The highest BCUT2D eigenvalue weighted by Crippen LogP contribution is 2.26. The van der Waals surface area contributed by atoms with Crippen molar-refractivity contribution >= 4 is 5.95 Å². The topological polar surface area (TPSA) is 68.1 Å². The number of likely N-dealkylation sites (N-methyl/N-ethyl adjacent to an activating group) is 1. The zero-order chi connectivity index (χ0) is 15.4. The molecule has 0 radical (unpaired) electrons. The predicted octanol–water partition coefficient (Wildman–Crippen LogP) is 1.18. The van der Waals surface area contributed by atoms with E-state index in [-0.39, 0.29) is 5.54 Å². The Bertz CT molecular complexity index is 591. The van der Waals surface area contributed by atoms with Gasteiger partial charge in [0.2, 0.25) is 5.95 Å². The summed E-state index contributed by atoms with van der Waals surface area (Å²) in [5.41, 5.74) is 1.02. The van der Waals surface area contributed by atoms with Crippen LogP contribution in [0.3, 0.4) is 0 Å². The van der Waals surface area contributed by atoms with Crippen molar-refractivity contribution in [3.8, 4) is 5.69 Å². The lowest BCUT2D eigenvalue weighted by molar-refractivity contribution is -0.000720. The SMILES string of the molecule is CN(C)C1(CNc2nnnn2-c2ccccc2)CCOCC1. The van der Waals surface area contributed by atoms with Gasteiger partial charge in [0.1, 0.15) is 0 Å². The first kappa shape index (κ1) is 14.9. The number of ether oxygens (including phenoxy) is 1. The number of tetrazole rings is 1. The lowest BCUT2D eigenvalue weighted by Gasteiger charge is -2.42. The fourth-order valence-electron chi connectivity index (χ4n) is 2.82. The van der Waals surface area contributed by atoms with Crippen molar-refractivity contribution in [2.75, 3.05) is 39.2 Å². The van der Waals surface area contributed by atoms with Crippen LogP contribution in [0.25, 0.3) is 5.69 Å². The van der Waals surface area contributed by atoms with Gasteiger partial charge >= 0.3 is 0 Å². The Morgan fingerprint density at radius 2 is 1.95 bits per heavy atom. The number of nitrogens with one attached hydrogen (secondary N) is 1. The average molecular weight is 302 g/mol. The highest BCUT2D eigenvalue weighted by atomic mass is 16.5. The molecule has 1 saturated heterocycles. The van der Waals surface area contributed by atoms with Gasteiger partial charge in [0.25, 0.3) is 0 Å². The normalized spacial score (nSPS) is 17.6. The van der Waals surface area contributed by atoms with Crippen LogP contribution in [0, 0.1) is 0 Å². The van der Waals surface area contributed by atoms with Crippen LogP contribution in [-0.2, 0) is 4.74 Å². The summed E-state index contributed by atoms with van der Waals surface area (Å²) >= 11 is 0. The largest absolute Gasteiger partial charge is 0.381 e. The number of benzene rings is 1. The van der Waals surface area contributed by atoms with Gasteiger partial charge in [-0.3, -0.25) is 0 Å². The van der Waals surface area contributed by atoms with E-state index >= 15 is 0 Å². The van der Waals surface area contributed by atoms with Crippen molar-refractivity contribution in [1.29, 1.82) is 0 Å². The van der Waals surface area contributed by atoms with E-state index in [1.807, 2.05) is 30.3 Å². The summed E-state index contributed by atoms with van der Waals surface area (Å²) < 4.78 is 7.23. The second-order valence-corrected chi connectivity index (χ2v) is 5.83. The molecule has 0 amide bonds. The summed E-state index contributed by atoms with van der Waals surface area (Å²) in [6.45, 7) is 2.38. The van der Waals surface area contributed by atoms with Crippen molar-refractivity contribution in [2.24, 2.45) is 0 Å². The second kappa shape index (κ2) is 6.41. The van der Waals surface area contributed by atoms with Crippen LogP contribution in [0.15, 0.2) is 30.3 Å². The fraction of sp³-hybridized carbons (Fsp3) is 0.533. The number of nitrogens with zero attached hydrogens (tertiary/aromatic N) is 5. The monoisotopic (exact) mass is 302 g/mol. The maximum Gasteiger partial charge on any atom is 0.247 e. The maximum absolute atomic E-state index is 5.51. The van der Waals surface area contributed by atoms with Gasteiger partial charge in [0.05, 0.1) is 5.69 Å². The quantitative estimate of drug-likeness (QED) is 0.894. The molecular formula is C15H22N6O. The van der Waals surface area contributed by atoms with Crippen LogP contribution >= 0.6 is 0 Å². The molecule has 1 aromatic heterocycles. The van der Waals surface area contributed by atoms with E-state index in [9.17, 15) is 0 Å². The minimum absolute atomic E-state index is 0.0751. The van der Waals surface area contributed by atoms with E-state index in [1.165, 1.54) is 0 Å². The summed E-state index contributed by atoms with van der Waals surface area (Å²) in [7, 11) is 4.24. The summed E-state index contributed by atoms with van der Waals surface area (Å²) in [6.07, 6.45) is 2.00. The molecule has 22 heavy (non-hydrogen) atoms. The van der Waals surface area contributed by atoms with Gasteiger partial charge in [0, 0.05) is 25.3 Å². The van der Waals surface area contributed by atoms with E-state index in [2.05, 4.69) is 39.8 Å². The molecule has 0 aliphatic carbocycles. The van der Waals surface area contributed by atoms with Gasteiger partial charge in [-0.1, -0.05) is 23.3 Å². The van der Waals surface area contributed by atoms with Gasteiger partial charge in [-0.2, -0.15) is 4.68 Å². The molecular weight excluding hydrogens is 280 g/mol. The minimum atomic E-state index is 0.0751. The predicted molar refractivity (Wildman–Crippen MR) is 84.1 cm³/mol. The molecule has 118 valence electrons. The Labute approximate surface area is 130 Å². The number of hydrogen-bond donors (Lipinski definition) is 1. The lowest BCUT2D eigenvalue weighted by Crippen LogP contribution is -2.53. The van der Waals surface area contributed by atoms with Crippen molar-refractivity contribution in [3.63, 3.8) is 0 Å². The van der Waals surface area contributed by atoms with Crippen LogP contribution in [0.5, 0.6) is 0 Å². The molecule has 2 heterocycles. The van der Waals surface area contributed by atoms with Crippen molar-refractivity contribution in [1.82, 2.24) is 25.1 Å². The Hall–Kier alpha value is -1.99. The first-order valence-electron chi connectivity index (χ1n) is 7.54. The van der Waals surface area contributed by atoms with E-state index < -0.39 is 0 Å². The number of hydrogen-bond acceptors (Lipinski definition) is 6. The van der Waals surface area contributed by atoms with E-state index in [4.69, 9.17) is 4.74 Å². The molecule has 0 unspecified atom stereocenters. The Morgan fingerprint density at radius 1 is 1.23 bits per heavy atom. The Kier molecular flexibility index (Phi) is 4.35. The molecule has 0 bridgehead atoms. The molecule has 7 nitrogen and oxygen atoms in total. The molecule has 1 aromatic carbocycles. The summed E-state index contributed by atoms with van der Waals surface area (Å²) in [6, 6.07) is 9.89. The van der Waals surface area contributed by atoms with Crippen molar-refractivity contribution in [3.05, 3.63) is 30.3 Å². The Balaban J connectivity index is 1.75. The third-order valence-corrected chi connectivity index (χ3v) is 4.42. The molecule has 0 spiro atoms. The smallest absolute Gasteiger partial charge is 0.247 e. The zero-order valence-electron chi connectivity index (χ0n) is 13.1. The molecule has 0 atom stereocenters. The van der Waals surface area contributed by atoms with E-state index in [0.717, 1.165) is 38.3 Å². The third-order valence-electron chi connectivity index (χ3n) is 4.42. The fourth-order valence-corrected chi connectivity index (χ4v) is 2.82. The van der Waals surface area contributed by atoms with E-state index in [1.54, 1.807) is 4.68 Å². The average Bonchev–Trinajstić information content (AvgIpc) is 3.03. The molecule has 1 N–H and O–H groups in total. The third kappa shape index (κ3) is 2.95. The molecule has 1 aliphatic rings. The van der Waals surface area contributed by atoms with Crippen molar-refractivity contribution in [2.45, 2.75) is 18.4 Å². The van der Waals surface area contributed by atoms with Crippen LogP contribution in [-0.4, -0.2) is 64.5 Å². The van der Waals surface area contributed by atoms with Gasteiger partial charge in [-0.05, 0) is 49.5 Å². The van der Waals surface area contributed by atoms with Gasteiger partial charge in [0.15, 0.2) is 0 Å². The summed E-state index contributed by atoms with van der Waals surface area (Å²) in [5.74, 6) is 0.666. The molecule has 3 rings (SSSR count). The highest BCUT2D eigenvalue weighted by Gasteiger charge is 2.35. The highest BCUT2D eigenvalue weighted by molar-refractivity contribution is 5.38. The molecule has 1 fully saturated rings. The minimum Gasteiger partial charge on any atom is -0.381 e. The second-order valence-electron chi connectivity index (χ2n) is 5.83. The molecule has 1 aliphatic heterocycles. The number of para-hydroxylation sites is 1. The first-order chi connectivity index (χ1) is 10.7. The molecule has 2 aromatic rings. The standard InChI is InChI=1S/C15H22N6O/c1-20(2)15(8-10-22-11-9-15)12-16-14-17-18-19-21(14)13-6-4-3-5-7-13/h3-7H,8-12H2,1-2H3,(H,16,17,19). The van der Waals surface area contributed by atoms with Crippen LogP contribution in [0.1, 0.15) is 12.8 Å². The van der Waals surface area contributed by atoms with Gasteiger partial charge in [-0.15, -0.1) is 0 Å². The molecule has 7 heteroatoms. The molecule has 0 saturated carbocycles. The lowest BCUT2D eigenvalue weighted by atomic mass is 9.88. The van der Waals surface area contributed by atoms with Gasteiger partial charge in [-0.25, -0.2) is 0 Å². The zero-order valence-corrected chi connectivity index (χ0v) is 13.1. The number of aromatic nitrogens is 4. The van der Waals surface area contributed by atoms with Crippen LogP contribution in [0.2, 0.25) is 0 Å². The maximum atomic E-state index is 5.51. The van der Waals surface area contributed by atoms with Gasteiger partial charge < -0.3 is 15.0 Å². The summed E-state index contributed by atoms with van der Waals surface area (Å²) in [4.78, 5) is 2.28. The number of anilines is 1. The van der Waals surface area contributed by atoms with Crippen molar-refractivity contribution < 1.29 is 4.74 Å². The van der Waals surface area contributed by atoms with Crippen LogP contribution < -0.4 is 5.32 Å². The first-order valence-corrected chi connectivity index (χ1v) is 7.54. The number of rotatable bonds is 5. The summed E-state index contributed by atoms with van der Waals surface area (Å²) in [5, 5.41) is 15.4. The Morgan fingerprint density at radius 3 is 2.64 bits per heavy atom. The van der Waals surface area contributed by atoms with E-state index in [0.29, 0.717) is 5.95 Å².